The first-order valence-electron chi connectivity index (χ1n) is 4.12. The van der Waals surface area contributed by atoms with Crippen molar-refractivity contribution < 1.29 is 14.4 Å². The third kappa shape index (κ3) is 1.71. The highest BCUT2D eigenvalue weighted by molar-refractivity contribution is 5.56. The number of rotatable bonds is 0. The highest BCUT2D eigenvalue weighted by Gasteiger charge is 2.35. The summed E-state index contributed by atoms with van der Waals surface area (Å²) in [5, 5.41) is 8.86. The molecule has 0 bridgehead atoms. The van der Waals surface area contributed by atoms with Crippen LogP contribution in [0.15, 0.2) is 0 Å². The molecule has 0 spiro atoms. The number of carboxylic acid groups (broad SMARTS) is 1. The van der Waals surface area contributed by atoms with E-state index >= 15 is 0 Å². The summed E-state index contributed by atoms with van der Waals surface area (Å²) < 4.78 is 0.213. The smallest absolute Gasteiger partial charge is 0.435 e. The highest BCUT2D eigenvalue weighted by atomic mass is 16.4. The van der Waals surface area contributed by atoms with Crippen LogP contribution in [0.1, 0.15) is 19.8 Å². The molecule has 3 nitrogen and oxygen atoms in total. The Morgan fingerprint density at radius 3 is 2.27 bits per heavy atom. The Kier molecular flexibility index (Phi) is 2.18. The quantitative estimate of drug-likeness (QED) is 0.543. The maximum atomic E-state index is 10.8. The monoisotopic (exact) mass is 158 g/mol. The van der Waals surface area contributed by atoms with Crippen LogP contribution in [-0.4, -0.2) is 35.8 Å². The maximum Gasteiger partial charge on any atom is 0.513 e. The van der Waals surface area contributed by atoms with Gasteiger partial charge in [-0.25, -0.2) is 4.48 Å². The second kappa shape index (κ2) is 2.81. The zero-order valence-electron chi connectivity index (χ0n) is 7.21. The topological polar surface area (TPSA) is 37.3 Å². The molecule has 1 N–H and O–H groups in total. The molecule has 0 aromatic heterocycles. The minimum absolute atomic E-state index is 0.213. The molecule has 1 saturated heterocycles. The molecular formula is C8H16NO2+. The molecule has 64 valence electrons. The number of carbonyl (C=O) groups is 1. The molecule has 0 unspecified atom stereocenters. The van der Waals surface area contributed by atoms with E-state index in [9.17, 15) is 4.79 Å². The second-order valence-electron chi connectivity index (χ2n) is 3.81. The third-order valence-electron chi connectivity index (χ3n) is 2.69. The fourth-order valence-electron chi connectivity index (χ4n) is 1.46. The van der Waals surface area contributed by atoms with E-state index in [2.05, 4.69) is 6.92 Å². The van der Waals surface area contributed by atoms with Crippen LogP contribution in [0.4, 0.5) is 4.79 Å². The normalized spacial score (nSPS) is 38.5. The fourth-order valence-corrected chi connectivity index (χ4v) is 1.46. The van der Waals surface area contributed by atoms with Crippen LogP contribution in [0.25, 0.3) is 0 Å². The summed E-state index contributed by atoms with van der Waals surface area (Å²) in [4.78, 5) is 10.8. The van der Waals surface area contributed by atoms with Gasteiger partial charge < -0.3 is 5.11 Å². The summed E-state index contributed by atoms with van der Waals surface area (Å²) in [5.74, 6) is 0.709. The first-order valence-corrected chi connectivity index (χ1v) is 4.12. The lowest BCUT2D eigenvalue weighted by atomic mass is 9.98. The van der Waals surface area contributed by atoms with Gasteiger partial charge in [-0.1, -0.05) is 6.92 Å². The summed E-state index contributed by atoms with van der Waals surface area (Å²) >= 11 is 0. The van der Waals surface area contributed by atoms with Crippen molar-refractivity contribution >= 4 is 6.09 Å². The van der Waals surface area contributed by atoms with Crippen LogP contribution in [0.3, 0.4) is 0 Å². The lowest BCUT2D eigenvalue weighted by molar-refractivity contribution is -0.843. The van der Waals surface area contributed by atoms with Crippen molar-refractivity contribution in [2.24, 2.45) is 5.92 Å². The molecule has 1 aliphatic rings. The van der Waals surface area contributed by atoms with Gasteiger partial charge in [-0.05, 0) is 18.8 Å². The molecule has 3 heteroatoms. The first-order chi connectivity index (χ1) is 5.04. The molecule has 0 aromatic carbocycles. The van der Waals surface area contributed by atoms with Crippen LogP contribution in [-0.2, 0) is 0 Å². The second-order valence-corrected chi connectivity index (χ2v) is 3.81. The lowest BCUT2D eigenvalue weighted by Crippen LogP contribution is -2.52. The number of amides is 1. The molecular weight excluding hydrogens is 142 g/mol. The Morgan fingerprint density at radius 1 is 1.45 bits per heavy atom. The van der Waals surface area contributed by atoms with Gasteiger partial charge in [0.2, 0.25) is 0 Å². The fraction of sp³-hybridized carbons (Fsp3) is 0.875. The molecule has 1 aliphatic heterocycles. The summed E-state index contributed by atoms with van der Waals surface area (Å²) in [6.07, 6.45) is 1.41. The van der Waals surface area contributed by atoms with E-state index < -0.39 is 6.09 Å². The Labute approximate surface area is 67.2 Å². The van der Waals surface area contributed by atoms with E-state index in [0.29, 0.717) is 5.92 Å². The van der Waals surface area contributed by atoms with Crippen molar-refractivity contribution in [3.8, 4) is 0 Å². The molecule has 11 heavy (non-hydrogen) atoms. The van der Waals surface area contributed by atoms with Gasteiger partial charge >= 0.3 is 6.09 Å². The Hall–Kier alpha value is -0.570. The molecule has 1 rings (SSSR count). The van der Waals surface area contributed by atoms with Crippen LogP contribution in [0.5, 0.6) is 0 Å². The van der Waals surface area contributed by atoms with Crippen molar-refractivity contribution in [1.82, 2.24) is 0 Å². The number of hydrogen-bond donors (Lipinski definition) is 1. The summed E-state index contributed by atoms with van der Waals surface area (Å²) in [6, 6.07) is 0. The van der Waals surface area contributed by atoms with E-state index in [-0.39, 0.29) is 4.48 Å². The van der Waals surface area contributed by atoms with Crippen LogP contribution < -0.4 is 0 Å². The van der Waals surface area contributed by atoms with E-state index in [1.54, 1.807) is 7.05 Å². The average molecular weight is 158 g/mol. The van der Waals surface area contributed by atoms with E-state index in [0.717, 1.165) is 25.9 Å². The number of hydrogen-bond acceptors (Lipinski definition) is 1. The molecule has 1 amide bonds. The van der Waals surface area contributed by atoms with Gasteiger partial charge in [0.15, 0.2) is 0 Å². The lowest BCUT2D eigenvalue weighted by Gasteiger charge is -2.34. The third-order valence-corrected chi connectivity index (χ3v) is 2.69. The molecule has 0 radical (unpaired) electrons. The van der Waals surface area contributed by atoms with Crippen LogP contribution in [0, 0.1) is 5.92 Å². The predicted molar refractivity (Wildman–Crippen MR) is 42.3 cm³/mol. The predicted octanol–water partition coefficient (Wildman–Crippen LogP) is 1.54. The molecule has 1 fully saturated rings. The molecule has 0 aliphatic carbocycles. The van der Waals surface area contributed by atoms with Gasteiger partial charge in [-0.15, -0.1) is 0 Å². The maximum absolute atomic E-state index is 10.8. The van der Waals surface area contributed by atoms with Crippen molar-refractivity contribution in [2.45, 2.75) is 19.8 Å². The van der Waals surface area contributed by atoms with Gasteiger partial charge in [0.1, 0.15) is 0 Å². The zero-order chi connectivity index (χ0) is 8.48. The highest BCUT2D eigenvalue weighted by Crippen LogP contribution is 2.21. The number of nitrogens with zero attached hydrogens (tertiary/aromatic N) is 1. The first kappa shape index (κ1) is 8.53. The van der Waals surface area contributed by atoms with Gasteiger partial charge in [-0.2, -0.15) is 4.79 Å². The van der Waals surface area contributed by atoms with E-state index in [1.807, 2.05) is 0 Å². The molecule has 0 atom stereocenters. The minimum Gasteiger partial charge on any atom is -0.435 e. The molecule has 0 aromatic rings. The average Bonchev–Trinajstić information content (AvgIpc) is 1.95. The largest absolute Gasteiger partial charge is 0.513 e. The standard InChI is InChI=1S/C8H15NO2/c1-7-3-5-9(2,6-4-7)8(10)11/h7H,3-6H2,1-2H3/p+1. The zero-order valence-corrected chi connectivity index (χ0v) is 7.21. The van der Waals surface area contributed by atoms with Crippen molar-refractivity contribution in [3.63, 3.8) is 0 Å². The van der Waals surface area contributed by atoms with E-state index in [4.69, 9.17) is 5.11 Å². The number of piperidine rings is 1. The molecule has 0 saturated carbocycles. The Morgan fingerprint density at radius 2 is 1.91 bits per heavy atom. The Bertz CT molecular complexity index is 159. The Balaban J connectivity index is 2.55. The van der Waals surface area contributed by atoms with Gasteiger partial charge in [0.05, 0.1) is 20.1 Å². The van der Waals surface area contributed by atoms with Crippen molar-refractivity contribution in [3.05, 3.63) is 0 Å². The van der Waals surface area contributed by atoms with Gasteiger partial charge in [0, 0.05) is 0 Å². The van der Waals surface area contributed by atoms with Crippen molar-refractivity contribution in [2.75, 3.05) is 20.1 Å². The SMILES string of the molecule is CC1CC[N+](C)(C(=O)O)CC1. The van der Waals surface area contributed by atoms with Gasteiger partial charge in [0.25, 0.3) is 0 Å². The van der Waals surface area contributed by atoms with Crippen LogP contribution in [0.2, 0.25) is 0 Å². The number of quaternary nitrogens is 1. The van der Waals surface area contributed by atoms with E-state index in [1.165, 1.54) is 0 Å². The van der Waals surface area contributed by atoms with Crippen LogP contribution >= 0.6 is 0 Å². The summed E-state index contributed by atoms with van der Waals surface area (Å²) in [7, 11) is 1.80. The van der Waals surface area contributed by atoms with Crippen molar-refractivity contribution in [1.29, 1.82) is 0 Å². The van der Waals surface area contributed by atoms with Gasteiger partial charge in [-0.3, -0.25) is 0 Å². The molecule has 1 heterocycles. The number of likely N-dealkylation sites (tertiary alicyclic amines) is 1. The summed E-state index contributed by atoms with van der Waals surface area (Å²) in [5.41, 5.74) is 0. The summed E-state index contributed by atoms with van der Waals surface area (Å²) in [6.45, 7) is 3.76. The minimum atomic E-state index is -0.683.